The Hall–Kier alpha value is -3.48. The van der Waals surface area contributed by atoms with E-state index in [2.05, 4.69) is 16.9 Å². The Labute approximate surface area is 151 Å². The predicted molar refractivity (Wildman–Crippen MR) is 97.3 cm³/mol. The Kier molecular flexibility index (Phi) is 6.21. The number of ether oxygens (including phenoxy) is 1. The highest BCUT2D eigenvalue weighted by Crippen LogP contribution is 2.26. The third-order valence-corrected chi connectivity index (χ3v) is 3.28. The van der Waals surface area contributed by atoms with E-state index < -0.39 is 11.9 Å². The van der Waals surface area contributed by atoms with Crippen molar-refractivity contribution < 1.29 is 19.4 Å². The molecule has 0 aliphatic rings. The number of esters is 1. The van der Waals surface area contributed by atoms with Gasteiger partial charge in [0.1, 0.15) is 11.3 Å². The summed E-state index contributed by atoms with van der Waals surface area (Å²) in [6.45, 7) is 7.09. The Morgan fingerprint density at radius 2 is 1.88 bits per heavy atom. The number of phenols is 1. The molecular formula is C19H19N3O4. The van der Waals surface area contributed by atoms with Gasteiger partial charge in [0.2, 0.25) is 0 Å². The van der Waals surface area contributed by atoms with Gasteiger partial charge in [-0.25, -0.2) is 4.79 Å². The van der Waals surface area contributed by atoms with E-state index in [-0.39, 0.29) is 23.6 Å². The van der Waals surface area contributed by atoms with Gasteiger partial charge in [-0.3, -0.25) is 4.79 Å². The summed E-state index contributed by atoms with van der Waals surface area (Å²) in [6.07, 6.45) is 0. The lowest BCUT2D eigenvalue weighted by atomic mass is 10.2. The first-order valence-electron chi connectivity index (χ1n) is 7.90. The van der Waals surface area contributed by atoms with Crippen LogP contribution in [0, 0.1) is 0 Å². The molecule has 1 amide bonds. The number of carbonyl (C=O) groups excluding carboxylic acids is 2. The summed E-state index contributed by atoms with van der Waals surface area (Å²) in [7, 11) is 0. The Morgan fingerprint density at radius 3 is 2.46 bits per heavy atom. The van der Waals surface area contributed by atoms with Crippen molar-refractivity contribution in [2.24, 2.45) is 10.3 Å². The molecule has 26 heavy (non-hydrogen) atoms. The van der Waals surface area contributed by atoms with Gasteiger partial charge in [-0.2, -0.15) is 5.01 Å². The number of hydrogen-bond donors (Lipinski definition) is 1. The normalized spacial score (nSPS) is 10.5. The molecule has 0 fully saturated rings. The van der Waals surface area contributed by atoms with Crippen LogP contribution in [0.15, 0.2) is 71.0 Å². The maximum absolute atomic E-state index is 12.3. The number of amides is 1. The molecule has 0 spiro atoms. The van der Waals surface area contributed by atoms with Crippen molar-refractivity contribution in [3.8, 4) is 5.75 Å². The van der Waals surface area contributed by atoms with Crippen LogP contribution in [-0.2, 0) is 9.53 Å². The molecule has 2 rings (SSSR count). The molecule has 0 aliphatic heterocycles. The molecule has 0 atom stereocenters. The van der Waals surface area contributed by atoms with E-state index in [1.807, 2.05) is 6.07 Å². The number of carbonyl (C=O) groups is 2. The molecule has 2 aromatic rings. The van der Waals surface area contributed by atoms with Gasteiger partial charge in [0.25, 0.3) is 5.91 Å². The fraction of sp³-hybridized carbons (Fsp3) is 0.158. The monoisotopic (exact) mass is 353 g/mol. The van der Waals surface area contributed by atoms with Gasteiger partial charge >= 0.3 is 5.97 Å². The number of benzene rings is 2. The largest absolute Gasteiger partial charge is 0.507 e. The van der Waals surface area contributed by atoms with E-state index in [0.717, 1.165) is 5.01 Å². The summed E-state index contributed by atoms with van der Waals surface area (Å²) in [5, 5.41) is 19.0. The fourth-order valence-electron chi connectivity index (χ4n) is 2.02. The van der Waals surface area contributed by atoms with Crippen molar-refractivity contribution >= 4 is 23.3 Å². The van der Waals surface area contributed by atoms with E-state index in [9.17, 15) is 14.7 Å². The van der Waals surface area contributed by atoms with Crippen molar-refractivity contribution in [1.82, 2.24) is 0 Å². The standard InChI is InChI=1S/C19H19N3O4/c1-4-26-19(25)16-11-10-14(12-17(16)23)20-21-22(18(24)13(2)3)15-8-6-5-7-9-15/h5-12,23H,2,4H2,1,3H3. The van der Waals surface area contributed by atoms with Crippen LogP contribution in [0.3, 0.4) is 0 Å². The topological polar surface area (TPSA) is 91.6 Å². The molecule has 0 radical (unpaired) electrons. The zero-order valence-corrected chi connectivity index (χ0v) is 14.5. The number of anilines is 1. The van der Waals surface area contributed by atoms with Gasteiger partial charge in [-0.05, 0) is 38.1 Å². The summed E-state index contributed by atoms with van der Waals surface area (Å²) >= 11 is 0. The number of nitrogens with zero attached hydrogens (tertiary/aromatic N) is 3. The van der Waals surface area contributed by atoms with Crippen LogP contribution >= 0.6 is 0 Å². The molecular weight excluding hydrogens is 334 g/mol. The fourth-order valence-corrected chi connectivity index (χ4v) is 2.02. The molecule has 0 heterocycles. The van der Waals surface area contributed by atoms with E-state index in [0.29, 0.717) is 11.3 Å². The summed E-state index contributed by atoms with van der Waals surface area (Å²) in [6, 6.07) is 12.9. The first-order valence-corrected chi connectivity index (χ1v) is 7.90. The van der Waals surface area contributed by atoms with Gasteiger partial charge in [0.05, 0.1) is 18.0 Å². The lowest BCUT2D eigenvalue weighted by molar-refractivity contribution is -0.115. The minimum absolute atomic E-state index is 0.0312. The smallest absolute Gasteiger partial charge is 0.341 e. The Bertz CT molecular complexity index is 847. The van der Waals surface area contributed by atoms with Crippen molar-refractivity contribution in [3.05, 3.63) is 66.2 Å². The van der Waals surface area contributed by atoms with Gasteiger partial charge in [0.15, 0.2) is 0 Å². The van der Waals surface area contributed by atoms with E-state index in [1.54, 1.807) is 38.1 Å². The maximum Gasteiger partial charge on any atom is 0.341 e. The third kappa shape index (κ3) is 4.54. The Balaban J connectivity index is 2.30. The molecule has 1 N–H and O–H groups in total. The van der Waals surface area contributed by atoms with E-state index in [4.69, 9.17) is 4.74 Å². The molecule has 2 aromatic carbocycles. The number of para-hydroxylation sites is 1. The van der Waals surface area contributed by atoms with Crippen molar-refractivity contribution in [2.45, 2.75) is 13.8 Å². The summed E-state index contributed by atoms with van der Waals surface area (Å²) < 4.78 is 4.85. The molecule has 7 heteroatoms. The van der Waals surface area contributed by atoms with Crippen molar-refractivity contribution in [3.63, 3.8) is 0 Å². The van der Waals surface area contributed by atoms with Gasteiger partial charge in [0, 0.05) is 11.6 Å². The maximum atomic E-state index is 12.3. The van der Waals surface area contributed by atoms with Gasteiger partial charge in [-0.15, -0.1) is 5.11 Å². The summed E-state index contributed by atoms with van der Waals surface area (Å²) in [5.41, 5.74) is 1.12. The predicted octanol–water partition coefficient (Wildman–Crippen LogP) is 4.18. The van der Waals surface area contributed by atoms with Crippen LogP contribution in [0.5, 0.6) is 5.75 Å². The van der Waals surface area contributed by atoms with Crippen LogP contribution in [0.4, 0.5) is 11.4 Å². The zero-order valence-electron chi connectivity index (χ0n) is 14.5. The SMILES string of the molecule is C=C(C)C(=O)N(N=Nc1ccc(C(=O)OCC)c(O)c1)c1ccccc1. The molecule has 134 valence electrons. The minimum Gasteiger partial charge on any atom is -0.507 e. The second kappa shape index (κ2) is 8.57. The highest BCUT2D eigenvalue weighted by Gasteiger charge is 2.16. The van der Waals surface area contributed by atoms with E-state index in [1.165, 1.54) is 18.2 Å². The van der Waals surface area contributed by atoms with Crippen molar-refractivity contribution in [1.29, 1.82) is 0 Å². The number of hydrogen-bond acceptors (Lipinski definition) is 6. The molecule has 0 aliphatic carbocycles. The second-order valence-electron chi connectivity index (χ2n) is 5.34. The molecule has 0 bridgehead atoms. The highest BCUT2D eigenvalue weighted by atomic mass is 16.5. The number of aromatic hydroxyl groups is 1. The molecule has 0 saturated carbocycles. The van der Waals surface area contributed by atoms with Crippen molar-refractivity contribution in [2.75, 3.05) is 11.6 Å². The van der Waals surface area contributed by atoms with Crippen LogP contribution < -0.4 is 5.01 Å². The number of phenolic OH excluding ortho intramolecular Hbond substituents is 1. The second-order valence-corrected chi connectivity index (χ2v) is 5.34. The summed E-state index contributed by atoms with van der Waals surface area (Å²) in [4.78, 5) is 24.0. The minimum atomic E-state index is -0.628. The van der Waals surface area contributed by atoms with Crippen LogP contribution in [0.25, 0.3) is 0 Å². The first kappa shape index (κ1) is 18.9. The molecule has 0 unspecified atom stereocenters. The summed E-state index contributed by atoms with van der Waals surface area (Å²) in [5.74, 6) is -1.32. The van der Waals surface area contributed by atoms with Crippen LogP contribution in [0.1, 0.15) is 24.2 Å². The van der Waals surface area contributed by atoms with E-state index >= 15 is 0 Å². The quantitative estimate of drug-likeness (QED) is 0.365. The lowest BCUT2D eigenvalue weighted by Gasteiger charge is -2.15. The lowest BCUT2D eigenvalue weighted by Crippen LogP contribution is -2.25. The molecule has 0 saturated heterocycles. The average molecular weight is 353 g/mol. The Morgan fingerprint density at radius 1 is 1.19 bits per heavy atom. The van der Waals surface area contributed by atoms with Crippen LogP contribution in [-0.4, -0.2) is 23.6 Å². The average Bonchev–Trinajstić information content (AvgIpc) is 2.62. The highest BCUT2D eigenvalue weighted by molar-refractivity contribution is 6.04. The van der Waals surface area contributed by atoms with Crippen LogP contribution in [0.2, 0.25) is 0 Å². The molecule has 7 nitrogen and oxygen atoms in total. The van der Waals surface area contributed by atoms with Gasteiger partial charge in [-0.1, -0.05) is 30.0 Å². The van der Waals surface area contributed by atoms with Gasteiger partial charge < -0.3 is 9.84 Å². The third-order valence-electron chi connectivity index (χ3n) is 3.28. The zero-order chi connectivity index (χ0) is 19.1. The molecule has 0 aromatic heterocycles. The number of rotatable bonds is 6. The first-order chi connectivity index (χ1) is 12.4.